The van der Waals surface area contributed by atoms with E-state index in [2.05, 4.69) is 9.97 Å². The molecule has 1 heterocycles. The van der Waals surface area contributed by atoms with Gasteiger partial charge in [-0.15, -0.1) is 0 Å². The maximum atomic E-state index is 5.83. The number of thiocarbonyl (C=S) groups is 1. The minimum atomic E-state index is 0.178. The molecule has 0 aliphatic carbocycles. The van der Waals surface area contributed by atoms with Crippen LogP contribution in [0.3, 0.4) is 0 Å². The second-order valence-electron chi connectivity index (χ2n) is 3.15. The molecule has 0 unspecified atom stereocenters. The van der Waals surface area contributed by atoms with Crippen LogP contribution in [-0.4, -0.2) is 15.0 Å². The molecule has 0 spiro atoms. The minimum absolute atomic E-state index is 0.178. The van der Waals surface area contributed by atoms with Gasteiger partial charge in [0.15, 0.2) is 0 Å². The molecule has 0 bridgehead atoms. The molecule has 0 fully saturated rings. The number of nitrogens with zero attached hydrogens (tertiary/aromatic N) is 2. The summed E-state index contributed by atoms with van der Waals surface area (Å²) in [6, 6.07) is 8.74. The fourth-order valence-corrected chi connectivity index (χ4v) is 1.46. The largest absolute Gasteiger partial charge is 0.424 e. The number of ether oxygens (including phenoxy) is 1. The molecule has 86 valence electrons. The average Bonchev–Trinajstić information content (AvgIpc) is 2.29. The number of aromatic nitrogens is 2. The molecule has 1 aromatic heterocycles. The zero-order valence-corrected chi connectivity index (χ0v) is 10.2. The van der Waals surface area contributed by atoms with E-state index in [1.165, 1.54) is 6.20 Å². The predicted molar refractivity (Wildman–Crippen MR) is 69.4 cm³/mol. The summed E-state index contributed by atoms with van der Waals surface area (Å²) in [6.07, 6.45) is 1.53. The number of hydrogen-bond donors (Lipinski definition) is 1. The molecule has 2 N–H and O–H groups in total. The smallest absolute Gasteiger partial charge is 0.322 e. The normalized spacial score (nSPS) is 9.94. The molecule has 1 aromatic carbocycles. The van der Waals surface area contributed by atoms with E-state index in [0.29, 0.717) is 16.5 Å². The highest BCUT2D eigenvalue weighted by Crippen LogP contribution is 2.21. The molecule has 0 radical (unpaired) electrons. The zero-order chi connectivity index (χ0) is 12.3. The SMILES string of the molecule is NC(=S)c1ccnc(Oc2cccc(Cl)c2)n1. The van der Waals surface area contributed by atoms with Gasteiger partial charge in [0, 0.05) is 11.2 Å². The lowest BCUT2D eigenvalue weighted by atomic mass is 10.3. The van der Waals surface area contributed by atoms with Crippen LogP contribution < -0.4 is 10.5 Å². The van der Waals surface area contributed by atoms with Crippen LogP contribution >= 0.6 is 23.8 Å². The third-order valence-corrected chi connectivity index (χ3v) is 2.34. The van der Waals surface area contributed by atoms with Crippen molar-refractivity contribution in [3.63, 3.8) is 0 Å². The van der Waals surface area contributed by atoms with Crippen LogP contribution in [0.15, 0.2) is 36.5 Å². The zero-order valence-electron chi connectivity index (χ0n) is 8.63. The Morgan fingerprint density at radius 1 is 1.35 bits per heavy atom. The monoisotopic (exact) mass is 265 g/mol. The Kier molecular flexibility index (Phi) is 3.51. The first-order valence-corrected chi connectivity index (χ1v) is 5.50. The summed E-state index contributed by atoms with van der Waals surface area (Å²) in [5, 5.41) is 0.577. The van der Waals surface area contributed by atoms with E-state index in [4.69, 9.17) is 34.3 Å². The van der Waals surface area contributed by atoms with Crippen LogP contribution in [0.5, 0.6) is 11.8 Å². The van der Waals surface area contributed by atoms with E-state index in [-0.39, 0.29) is 11.0 Å². The Bertz CT molecular complexity index is 562. The van der Waals surface area contributed by atoms with Crippen molar-refractivity contribution in [2.24, 2.45) is 5.73 Å². The fourth-order valence-electron chi connectivity index (χ4n) is 1.16. The van der Waals surface area contributed by atoms with Gasteiger partial charge in [0.2, 0.25) is 0 Å². The number of benzene rings is 1. The van der Waals surface area contributed by atoms with Gasteiger partial charge in [-0.25, -0.2) is 4.98 Å². The highest BCUT2D eigenvalue weighted by atomic mass is 35.5. The molecule has 0 aliphatic rings. The molecular weight excluding hydrogens is 258 g/mol. The third kappa shape index (κ3) is 3.12. The van der Waals surface area contributed by atoms with Gasteiger partial charge in [-0.3, -0.25) is 0 Å². The lowest BCUT2D eigenvalue weighted by Gasteiger charge is -2.04. The van der Waals surface area contributed by atoms with E-state index < -0.39 is 0 Å². The molecule has 0 amide bonds. The van der Waals surface area contributed by atoms with Crippen molar-refractivity contribution in [3.05, 3.63) is 47.2 Å². The summed E-state index contributed by atoms with van der Waals surface area (Å²) in [4.78, 5) is 8.21. The highest BCUT2D eigenvalue weighted by molar-refractivity contribution is 7.80. The first kappa shape index (κ1) is 11.8. The lowest BCUT2D eigenvalue weighted by Crippen LogP contribution is -2.12. The average molecular weight is 266 g/mol. The lowest BCUT2D eigenvalue weighted by molar-refractivity contribution is 0.441. The Morgan fingerprint density at radius 2 is 2.18 bits per heavy atom. The first-order valence-electron chi connectivity index (χ1n) is 4.71. The highest BCUT2D eigenvalue weighted by Gasteiger charge is 2.04. The molecular formula is C11H8ClN3OS. The second kappa shape index (κ2) is 5.07. The summed E-state index contributed by atoms with van der Waals surface area (Å²) in [5.41, 5.74) is 5.93. The first-order chi connectivity index (χ1) is 8.15. The molecule has 2 rings (SSSR count). The van der Waals surface area contributed by atoms with Crippen molar-refractivity contribution in [2.45, 2.75) is 0 Å². The van der Waals surface area contributed by atoms with Gasteiger partial charge in [-0.05, 0) is 24.3 Å². The van der Waals surface area contributed by atoms with Crippen molar-refractivity contribution in [1.82, 2.24) is 9.97 Å². The predicted octanol–water partition coefficient (Wildman–Crippen LogP) is 2.56. The van der Waals surface area contributed by atoms with E-state index in [0.717, 1.165) is 0 Å². The molecule has 0 aliphatic heterocycles. The Balaban J connectivity index is 2.24. The Hall–Kier alpha value is -1.72. The van der Waals surface area contributed by atoms with Gasteiger partial charge in [-0.1, -0.05) is 29.9 Å². The van der Waals surface area contributed by atoms with E-state index >= 15 is 0 Å². The second-order valence-corrected chi connectivity index (χ2v) is 4.02. The molecule has 6 heteroatoms. The van der Waals surface area contributed by atoms with Gasteiger partial charge in [0.25, 0.3) is 0 Å². The van der Waals surface area contributed by atoms with Crippen LogP contribution in [-0.2, 0) is 0 Å². The number of halogens is 1. The van der Waals surface area contributed by atoms with Crippen LogP contribution in [0.4, 0.5) is 0 Å². The van der Waals surface area contributed by atoms with Gasteiger partial charge in [0.1, 0.15) is 16.4 Å². The maximum Gasteiger partial charge on any atom is 0.322 e. The maximum absolute atomic E-state index is 5.83. The topological polar surface area (TPSA) is 61.0 Å². The summed E-state index contributed by atoms with van der Waals surface area (Å²) >= 11 is 10.6. The van der Waals surface area contributed by atoms with Crippen LogP contribution in [0, 0.1) is 0 Å². The van der Waals surface area contributed by atoms with Crippen molar-refractivity contribution < 1.29 is 4.74 Å². The third-order valence-electron chi connectivity index (χ3n) is 1.89. The van der Waals surface area contributed by atoms with E-state index in [1.54, 1.807) is 30.3 Å². The Morgan fingerprint density at radius 3 is 2.88 bits per heavy atom. The molecule has 0 saturated carbocycles. The van der Waals surface area contributed by atoms with E-state index in [9.17, 15) is 0 Å². The van der Waals surface area contributed by atoms with Crippen LogP contribution in [0.2, 0.25) is 5.02 Å². The number of hydrogen-bond acceptors (Lipinski definition) is 4. The quantitative estimate of drug-likeness (QED) is 0.865. The van der Waals surface area contributed by atoms with Crippen molar-refractivity contribution in [1.29, 1.82) is 0 Å². The van der Waals surface area contributed by atoms with Crippen LogP contribution in [0.1, 0.15) is 5.69 Å². The van der Waals surface area contributed by atoms with Crippen LogP contribution in [0.25, 0.3) is 0 Å². The van der Waals surface area contributed by atoms with Crippen molar-refractivity contribution in [3.8, 4) is 11.8 Å². The summed E-state index contributed by atoms with van der Waals surface area (Å²) in [6.45, 7) is 0. The molecule has 17 heavy (non-hydrogen) atoms. The Labute approximate surface area is 108 Å². The number of nitrogens with two attached hydrogens (primary N) is 1. The summed E-state index contributed by atoms with van der Waals surface area (Å²) < 4.78 is 5.43. The van der Waals surface area contributed by atoms with Crippen molar-refractivity contribution >= 4 is 28.8 Å². The molecule has 2 aromatic rings. The molecule has 4 nitrogen and oxygen atoms in total. The number of rotatable bonds is 3. The van der Waals surface area contributed by atoms with Gasteiger partial charge in [0.05, 0.1) is 0 Å². The standard InChI is InChI=1S/C11H8ClN3OS/c12-7-2-1-3-8(6-7)16-11-14-5-4-9(15-11)10(13)17/h1-6H,(H2,13,17). The van der Waals surface area contributed by atoms with Gasteiger partial charge in [-0.2, -0.15) is 4.98 Å². The minimum Gasteiger partial charge on any atom is -0.424 e. The van der Waals surface area contributed by atoms with Gasteiger partial charge < -0.3 is 10.5 Å². The summed E-state index contributed by atoms with van der Waals surface area (Å²) in [7, 11) is 0. The molecule has 0 atom stereocenters. The fraction of sp³-hybridized carbons (Fsp3) is 0. The van der Waals surface area contributed by atoms with E-state index in [1.807, 2.05) is 0 Å². The summed E-state index contributed by atoms with van der Waals surface area (Å²) in [5.74, 6) is 0.553. The van der Waals surface area contributed by atoms with Crippen molar-refractivity contribution in [2.75, 3.05) is 0 Å². The van der Waals surface area contributed by atoms with Gasteiger partial charge >= 0.3 is 6.01 Å². The molecule has 0 saturated heterocycles.